The normalized spacial score (nSPS) is 8.78. The molecule has 0 atom stereocenters. The molecule has 2 aromatic rings. The van der Waals surface area contributed by atoms with Gasteiger partial charge in [-0.15, -0.1) is 0 Å². The SMILES string of the molecule is CCC(=O)[O-].COc1cccc2ccccc12.[Na+]. The Hall–Kier alpha value is -1.03. The van der Waals surface area contributed by atoms with Gasteiger partial charge in [0.1, 0.15) is 5.75 Å². The molecule has 0 N–H and O–H groups in total. The molecule has 2 rings (SSSR count). The molecule has 0 aliphatic carbocycles. The molecule has 0 amide bonds. The molecule has 0 bridgehead atoms. The first-order valence-corrected chi connectivity index (χ1v) is 5.40. The van der Waals surface area contributed by atoms with Gasteiger partial charge < -0.3 is 14.6 Å². The van der Waals surface area contributed by atoms with Crippen molar-refractivity contribution < 1.29 is 44.2 Å². The maximum absolute atomic E-state index is 9.26. The minimum atomic E-state index is -0.995. The van der Waals surface area contributed by atoms with Crippen LogP contribution in [0.5, 0.6) is 5.75 Å². The van der Waals surface area contributed by atoms with Crippen LogP contribution in [-0.2, 0) is 4.79 Å². The predicted octanol–water partition coefficient (Wildman–Crippen LogP) is -1.00. The molecule has 3 nitrogen and oxygen atoms in total. The first-order valence-electron chi connectivity index (χ1n) is 5.40. The van der Waals surface area contributed by atoms with Crippen LogP contribution in [0.1, 0.15) is 13.3 Å². The van der Waals surface area contributed by atoms with Crippen molar-refractivity contribution in [1.82, 2.24) is 0 Å². The van der Waals surface area contributed by atoms with E-state index in [9.17, 15) is 9.90 Å². The number of fused-ring (bicyclic) bond motifs is 1. The maximum Gasteiger partial charge on any atom is 1.00 e. The van der Waals surface area contributed by atoms with Crippen molar-refractivity contribution in [2.75, 3.05) is 7.11 Å². The summed E-state index contributed by atoms with van der Waals surface area (Å²) >= 11 is 0. The summed E-state index contributed by atoms with van der Waals surface area (Å²) in [6.07, 6.45) is 0.111. The molecule has 2 aromatic carbocycles. The Morgan fingerprint density at radius 3 is 2.28 bits per heavy atom. The fourth-order valence-corrected chi connectivity index (χ4v) is 1.37. The van der Waals surface area contributed by atoms with E-state index in [1.54, 1.807) is 7.11 Å². The van der Waals surface area contributed by atoms with Crippen LogP contribution in [0.4, 0.5) is 0 Å². The Bertz CT molecular complexity index is 492. The second-order valence-electron chi connectivity index (χ2n) is 3.41. The Labute approximate surface area is 129 Å². The van der Waals surface area contributed by atoms with Crippen molar-refractivity contribution in [3.63, 3.8) is 0 Å². The Kier molecular flexibility index (Phi) is 8.46. The van der Waals surface area contributed by atoms with Gasteiger partial charge in [0.15, 0.2) is 0 Å². The summed E-state index contributed by atoms with van der Waals surface area (Å²) in [5, 5.41) is 11.6. The van der Waals surface area contributed by atoms with E-state index in [4.69, 9.17) is 4.74 Å². The number of aliphatic carboxylic acids is 1. The quantitative estimate of drug-likeness (QED) is 0.646. The number of carbonyl (C=O) groups excluding carboxylic acids is 1. The van der Waals surface area contributed by atoms with Gasteiger partial charge in [-0.05, 0) is 17.9 Å². The molecular weight excluding hydrogens is 239 g/mol. The van der Waals surface area contributed by atoms with E-state index in [2.05, 4.69) is 18.2 Å². The van der Waals surface area contributed by atoms with Gasteiger partial charge in [-0.25, -0.2) is 0 Å². The van der Waals surface area contributed by atoms with Crippen LogP contribution in [0.3, 0.4) is 0 Å². The topological polar surface area (TPSA) is 49.4 Å². The first kappa shape index (κ1) is 17.0. The number of methoxy groups -OCH3 is 1. The molecular formula is C14H15NaO3. The van der Waals surface area contributed by atoms with Crippen LogP contribution in [0.2, 0.25) is 0 Å². The summed E-state index contributed by atoms with van der Waals surface area (Å²) in [5.74, 6) is -0.0573. The summed E-state index contributed by atoms with van der Waals surface area (Å²) in [5.41, 5.74) is 0. The molecule has 0 unspecified atom stereocenters. The van der Waals surface area contributed by atoms with Crippen molar-refractivity contribution in [1.29, 1.82) is 0 Å². The number of benzene rings is 2. The van der Waals surface area contributed by atoms with E-state index in [1.807, 2.05) is 24.3 Å². The van der Waals surface area contributed by atoms with E-state index in [-0.39, 0.29) is 36.0 Å². The van der Waals surface area contributed by atoms with Crippen LogP contribution in [-0.4, -0.2) is 13.1 Å². The number of hydrogen-bond acceptors (Lipinski definition) is 3. The monoisotopic (exact) mass is 254 g/mol. The van der Waals surface area contributed by atoms with E-state index in [0.717, 1.165) is 5.75 Å². The molecule has 0 saturated carbocycles. The van der Waals surface area contributed by atoms with Crippen LogP contribution in [0.25, 0.3) is 10.8 Å². The maximum atomic E-state index is 9.26. The van der Waals surface area contributed by atoms with Gasteiger partial charge in [0, 0.05) is 11.4 Å². The van der Waals surface area contributed by atoms with Gasteiger partial charge in [0.25, 0.3) is 0 Å². The number of carbonyl (C=O) groups is 1. The number of carboxylic acid groups (broad SMARTS) is 1. The summed E-state index contributed by atoms with van der Waals surface area (Å²) in [7, 11) is 1.70. The second-order valence-corrected chi connectivity index (χ2v) is 3.41. The summed E-state index contributed by atoms with van der Waals surface area (Å²) in [6, 6.07) is 14.2. The summed E-state index contributed by atoms with van der Waals surface area (Å²) < 4.78 is 5.23. The van der Waals surface area contributed by atoms with Crippen molar-refractivity contribution >= 4 is 16.7 Å². The van der Waals surface area contributed by atoms with Crippen LogP contribution < -0.4 is 39.4 Å². The van der Waals surface area contributed by atoms with Crippen molar-refractivity contribution in [3.05, 3.63) is 42.5 Å². The molecule has 0 aliphatic rings. The third-order valence-corrected chi connectivity index (χ3v) is 2.26. The van der Waals surface area contributed by atoms with Gasteiger partial charge in [-0.3, -0.25) is 0 Å². The zero-order chi connectivity index (χ0) is 12.7. The zero-order valence-electron chi connectivity index (χ0n) is 11.0. The molecule has 0 saturated heterocycles. The Morgan fingerprint density at radius 2 is 1.72 bits per heavy atom. The number of rotatable bonds is 2. The summed E-state index contributed by atoms with van der Waals surface area (Å²) in [4.78, 5) is 9.26. The standard InChI is InChI=1S/C11H10O.C3H6O2.Na/c1-12-11-8-4-6-9-5-2-3-7-10(9)11;1-2-3(4)5;/h2-8H,1H3;2H2,1H3,(H,4,5);/q;;+1/p-1. The molecule has 0 radical (unpaired) electrons. The van der Waals surface area contributed by atoms with Crippen LogP contribution in [0.15, 0.2) is 42.5 Å². The van der Waals surface area contributed by atoms with Crippen molar-refractivity contribution in [3.8, 4) is 5.75 Å². The molecule has 0 spiro atoms. The zero-order valence-corrected chi connectivity index (χ0v) is 13.0. The molecule has 0 aromatic heterocycles. The average molecular weight is 254 g/mol. The van der Waals surface area contributed by atoms with E-state index in [0.29, 0.717) is 0 Å². The van der Waals surface area contributed by atoms with E-state index in [1.165, 1.54) is 17.7 Å². The average Bonchev–Trinajstić information content (AvgIpc) is 2.38. The predicted molar refractivity (Wildman–Crippen MR) is 65.8 cm³/mol. The van der Waals surface area contributed by atoms with Gasteiger partial charge in [-0.2, -0.15) is 0 Å². The largest absolute Gasteiger partial charge is 1.00 e. The molecule has 0 fully saturated rings. The van der Waals surface area contributed by atoms with Gasteiger partial charge in [-0.1, -0.05) is 43.3 Å². The third-order valence-electron chi connectivity index (χ3n) is 2.26. The Morgan fingerprint density at radius 1 is 1.17 bits per heavy atom. The molecule has 0 heterocycles. The molecule has 0 aliphatic heterocycles. The fourth-order valence-electron chi connectivity index (χ4n) is 1.37. The minimum absolute atomic E-state index is 0. The van der Waals surface area contributed by atoms with Gasteiger partial charge >= 0.3 is 29.6 Å². The van der Waals surface area contributed by atoms with E-state index >= 15 is 0 Å². The molecule has 18 heavy (non-hydrogen) atoms. The third kappa shape index (κ3) is 5.08. The minimum Gasteiger partial charge on any atom is -0.550 e. The first-order chi connectivity index (χ1) is 8.19. The summed E-state index contributed by atoms with van der Waals surface area (Å²) in [6.45, 7) is 1.54. The number of carboxylic acids is 1. The Balaban J connectivity index is 0.000000421. The van der Waals surface area contributed by atoms with E-state index < -0.39 is 5.97 Å². The van der Waals surface area contributed by atoms with Gasteiger partial charge in [0.2, 0.25) is 0 Å². The molecule has 90 valence electrons. The number of hydrogen-bond donors (Lipinski definition) is 0. The smallest absolute Gasteiger partial charge is 0.550 e. The fraction of sp³-hybridized carbons (Fsp3) is 0.214. The second kappa shape index (κ2) is 8.97. The van der Waals surface area contributed by atoms with Crippen molar-refractivity contribution in [2.24, 2.45) is 0 Å². The number of ether oxygens (including phenoxy) is 1. The van der Waals surface area contributed by atoms with Crippen molar-refractivity contribution in [2.45, 2.75) is 13.3 Å². The van der Waals surface area contributed by atoms with Crippen LogP contribution >= 0.6 is 0 Å². The van der Waals surface area contributed by atoms with Crippen LogP contribution in [0, 0.1) is 0 Å². The van der Waals surface area contributed by atoms with Gasteiger partial charge in [0.05, 0.1) is 7.11 Å². The molecule has 4 heteroatoms.